The van der Waals surface area contributed by atoms with Crippen LogP contribution in [-0.4, -0.2) is 47.2 Å². The Labute approximate surface area is 165 Å². The van der Waals surface area contributed by atoms with E-state index in [2.05, 4.69) is 10.2 Å². The van der Waals surface area contributed by atoms with E-state index in [9.17, 15) is 14.9 Å². The molecule has 27 heavy (non-hydrogen) atoms. The predicted molar refractivity (Wildman–Crippen MR) is 108 cm³/mol. The summed E-state index contributed by atoms with van der Waals surface area (Å²) in [5, 5.41) is 14.4. The van der Waals surface area contributed by atoms with Gasteiger partial charge in [0.15, 0.2) is 0 Å². The Balaban J connectivity index is 1.77. The van der Waals surface area contributed by atoms with E-state index in [4.69, 9.17) is 0 Å². The molecule has 1 aliphatic carbocycles. The highest BCUT2D eigenvalue weighted by Crippen LogP contribution is 2.35. The quantitative estimate of drug-likeness (QED) is 0.446. The number of nitrogens with zero attached hydrogens (tertiary/aromatic N) is 2. The Morgan fingerprint density at radius 3 is 2.48 bits per heavy atom. The van der Waals surface area contributed by atoms with Crippen LogP contribution in [0.1, 0.15) is 61.7 Å². The van der Waals surface area contributed by atoms with E-state index in [-0.39, 0.29) is 22.7 Å². The number of benzene rings is 1. The molecule has 1 N–H and O–H groups in total. The van der Waals surface area contributed by atoms with Crippen LogP contribution in [0.15, 0.2) is 23.1 Å². The molecule has 0 radical (unpaired) electrons. The molecule has 1 saturated carbocycles. The van der Waals surface area contributed by atoms with Crippen LogP contribution in [-0.2, 0) is 0 Å². The van der Waals surface area contributed by atoms with Gasteiger partial charge in [-0.3, -0.25) is 19.8 Å². The first kappa shape index (κ1) is 20.1. The van der Waals surface area contributed by atoms with E-state index < -0.39 is 4.92 Å². The normalized spacial score (nSPS) is 20.2. The molecule has 148 valence electrons. The fourth-order valence-electron chi connectivity index (χ4n) is 4.51. The second-order valence-electron chi connectivity index (χ2n) is 7.66. The summed E-state index contributed by atoms with van der Waals surface area (Å²) in [6, 6.07) is 4.75. The molecule has 1 aromatic carbocycles. The second kappa shape index (κ2) is 9.06. The molecule has 6 nitrogen and oxygen atoms in total. The number of hydrogen-bond donors (Lipinski definition) is 1. The van der Waals surface area contributed by atoms with Crippen LogP contribution < -0.4 is 5.32 Å². The second-order valence-corrected chi connectivity index (χ2v) is 8.54. The maximum absolute atomic E-state index is 12.9. The summed E-state index contributed by atoms with van der Waals surface area (Å²) in [5.74, 6) is -0.334. The fraction of sp³-hybridized carbons (Fsp3) is 0.650. The van der Waals surface area contributed by atoms with Gasteiger partial charge in [-0.25, -0.2) is 0 Å². The number of piperidine rings is 1. The third-order valence-electron chi connectivity index (χ3n) is 6.03. The molecule has 0 spiro atoms. The van der Waals surface area contributed by atoms with Gasteiger partial charge >= 0.3 is 0 Å². The van der Waals surface area contributed by atoms with Gasteiger partial charge < -0.3 is 5.32 Å². The van der Waals surface area contributed by atoms with Crippen LogP contribution in [0.4, 0.5) is 5.69 Å². The van der Waals surface area contributed by atoms with Gasteiger partial charge in [0.25, 0.3) is 11.6 Å². The van der Waals surface area contributed by atoms with Crippen molar-refractivity contribution in [3.05, 3.63) is 33.9 Å². The Bertz CT molecular complexity index is 683. The average molecular weight is 392 g/mol. The number of hydrogen-bond acceptors (Lipinski definition) is 5. The summed E-state index contributed by atoms with van der Waals surface area (Å²) < 4.78 is 0. The lowest BCUT2D eigenvalue weighted by Crippen LogP contribution is -2.58. The molecule has 2 fully saturated rings. The summed E-state index contributed by atoms with van der Waals surface area (Å²) in [6.07, 6.45) is 11.4. The van der Waals surface area contributed by atoms with Crippen molar-refractivity contribution in [3.8, 4) is 0 Å². The van der Waals surface area contributed by atoms with Crippen LogP contribution >= 0.6 is 11.8 Å². The molecule has 0 unspecified atom stereocenters. The molecular weight excluding hydrogens is 362 g/mol. The zero-order chi connectivity index (χ0) is 19.3. The Kier molecular flexibility index (Phi) is 6.76. The van der Waals surface area contributed by atoms with Gasteiger partial charge in [0.05, 0.1) is 4.92 Å². The summed E-state index contributed by atoms with van der Waals surface area (Å²) >= 11 is 1.48. The van der Waals surface area contributed by atoms with Crippen molar-refractivity contribution >= 4 is 23.4 Å². The Hall–Kier alpha value is -1.60. The van der Waals surface area contributed by atoms with Gasteiger partial charge in [0.1, 0.15) is 5.56 Å². The number of carbonyl (C=O) groups is 1. The minimum atomic E-state index is -0.472. The molecule has 0 bridgehead atoms. The number of rotatable bonds is 6. The van der Waals surface area contributed by atoms with Gasteiger partial charge in [-0.1, -0.05) is 25.7 Å². The zero-order valence-electron chi connectivity index (χ0n) is 16.0. The minimum absolute atomic E-state index is 0.0141. The molecular formula is C20H29N3O3S. The van der Waals surface area contributed by atoms with Gasteiger partial charge in [0, 0.05) is 23.0 Å². The maximum atomic E-state index is 12.9. The summed E-state index contributed by atoms with van der Waals surface area (Å²) in [4.78, 5) is 27.2. The average Bonchev–Trinajstić information content (AvgIpc) is 2.72. The monoisotopic (exact) mass is 391 g/mol. The highest BCUT2D eigenvalue weighted by atomic mass is 32.2. The first-order chi connectivity index (χ1) is 13.1. The Morgan fingerprint density at radius 1 is 1.19 bits per heavy atom. The highest BCUT2D eigenvalue weighted by Gasteiger charge is 2.39. The Morgan fingerprint density at radius 2 is 1.85 bits per heavy atom. The van der Waals surface area contributed by atoms with Crippen LogP contribution in [0, 0.1) is 10.1 Å². The molecule has 1 saturated heterocycles. The number of carbonyl (C=O) groups excluding carboxylic acids is 1. The van der Waals surface area contributed by atoms with E-state index in [1.165, 1.54) is 56.4 Å². The molecule has 7 heteroatoms. The van der Waals surface area contributed by atoms with Gasteiger partial charge in [-0.2, -0.15) is 0 Å². The van der Waals surface area contributed by atoms with Crippen molar-refractivity contribution in [2.45, 2.75) is 61.8 Å². The molecule has 2 aliphatic rings. The van der Waals surface area contributed by atoms with Gasteiger partial charge in [-0.05, 0) is 57.2 Å². The molecule has 1 amide bonds. The summed E-state index contributed by atoms with van der Waals surface area (Å²) in [7, 11) is 0. The zero-order valence-corrected chi connectivity index (χ0v) is 16.9. The molecule has 0 aromatic heterocycles. The SMILES string of the molecule is CSc1ccc([N+](=O)[O-])c(C(=O)NCC2(N3CCCCC3)CCCCC2)c1. The van der Waals surface area contributed by atoms with E-state index in [0.717, 1.165) is 30.8 Å². The van der Waals surface area contributed by atoms with Gasteiger partial charge in [-0.15, -0.1) is 11.8 Å². The minimum Gasteiger partial charge on any atom is -0.350 e. The fourth-order valence-corrected chi connectivity index (χ4v) is 4.95. The molecule has 0 atom stereocenters. The number of likely N-dealkylation sites (tertiary alicyclic amines) is 1. The van der Waals surface area contributed by atoms with E-state index >= 15 is 0 Å². The van der Waals surface area contributed by atoms with Crippen LogP contribution in [0.2, 0.25) is 0 Å². The lowest BCUT2D eigenvalue weighted by molar-refractivity contribution is -0.385. The van der Waals surface area contributed by atoms with Crippen molar-refractivity contribution in [1.82, 2.24) is 10.2 Å². The van der Waals surface area contributed by atoms with Crippen molar-refractivity contribution in [2.24, 2.45) is 0 Å². The first-order valence-electron chi connectivity index (χ1n) is 9.91. The topological polar surface area (TPSA) is 75.5 Å². The number of amides is 1. The lowest BCUT2D eigenvalue weighted by atomic mass is 9.79. The number of nitrogens with one attached hydrogen (secondary N) is 1. The summed E-state index contributed by atoms with van der Waals surface area (Å²) in [6.45, 7) is 2.77. The number of nitro groups is 1. The third-order valence-corrected chi connectivity index (χ3v) is 6.76. The summed E-state index contributed by atoms with van der Waals surface area (Å²) in [5.41, 5.74) is 0.0534. The third kappa shape index (κ3) is 4.63. The van der Waals surface area contributed by atoms with Crippen LogP contribution in [0.5, 0.6) is 0 Å². The molecule has 3 rings (SSSR count). The van der Waals surface area contributed by atoms with Crippen LogP contribution in [0.25, 0.3) is 0 Å². The van der Waals surface area contributed by atoms with E-state index in [1.54, 1.807) is 12.1 Å². The van der Waals surface area contributed by atoms with Crippen molar-refractivity contribution in [3.63, 3.8) is 0 Å². The lowest BCUT2D eigenvalue weighted by Gasteiger charge is -2.48. The highest BCUT2D eigenvalue weighted by molar-refractivity contribution is 7.98. The maximum Gasteiger partial charge on any atom is 0.282 e. The standard InChI is InChI=1S/C20H29N3O3S/c1-27-16-8-9-18(23(25)26)17(14-16)19(24)21-15-20(10-4-2-5-11-20)22-12-6-3-7-13-22/h8-9,14H,2-7,10-13,15H2,1H3,(H,21,24). The van der Waals surface area contributed by atoms with Crippen molar-refractivity contribution in [2.75, 3.05) is 25.9 Å². The molecule has 1 heterocycles. The number of nitro benzene ring substituents is 1. The van der Waals surface area contributed by atoms with Crippen molar-refractivity contribution in [1.29, 1.82) is 0 Å². The molecule has 1 aliphatic heterocycles. The van der Waals surface area contributed by atoms with Crippen LogP contribution in [0.3, 0.4) is 0 Å². The first-order valence-corrected chi connectivity index (χ1v) is 11.1. The smallest absolute Gasteiger partial charge is 0.282 e. The number of thioether (sulfide) groups is 1. The van der Waals surface area contributed by atoms with E-state index in [0.29, 0.717) is 6.54 Å². The van der Waals surface area contributed by atoms with E-state index in [1.807, 2.05) is 6.26 Å². The van der Waals surface area contributed by atoms with Crippen molar-refractivity contribution < 1.29 is 9.72 Å². The largest absolute Gasteiger partial charge is 0.350 e. The predicted octanol–water partition coefficient (Wildman–Crippen LogP) is 4.24. The van der Waals surface area contributed by atoms with Gasteiger partial charge in [0.2, 0.25) is 0 Å². The molecule has 1 aromatic rings.